The van der Waals surface area contributed by atoms with E-state index in [0.717, 1.165) is 55.9 Å². The highest BCUT2D eigenvalue weighted by atomic mass is 32.1. The number of hydrogen-bond donors (Lipinski definition) is 1. The topological polar surface area (TPSA) is 30.1 Å². The molecule has 2 aliphatic rings. The second-order valence-corrected chi connectivity index (χ2v) is 25.6. The summed E-state index contributed by atoms with van der Waals surface area (Å²) >= 11 is 3.82. The normalized spacial score (nSPS) is 14.9. The van der Waals surface area contributed by atoms with E-state index < -0.39 is 0 Å². The van der Waals surface area contributed by atoms with Gasteiger partial charge in [-0.1, -0.05) is 157 Å². The lowest BCUT2D eigenvalue weighted by molar-refractivity contribution is 0.332. The predicted octanol–water partition coefficient (Wildman–Crippen LogP) is 18.6. The maximum atomic E-state index is 7.07. The monoisotopic (exact) mass is 989 g/mol. The Bertz CT molecular complexity index is 4500. The van der Waals surface area contributed by atoms with Gasteiger partial charge in [-0.15, -0.1) is 22.7 Å². The molecule has 13 aromatic rings. The number of aromatic nitrogens is 1. The Morgan fingerprint density at radius 3 is 1.95 bits per heavy atom. The molecule has 0 atom stereocenters. The van der Waals surface area contributed by atoms with E-state index in [9.17, 15) is 0 Å². The van der Waals surface area contributed by atoms with Gasteiger partial charge in [0.2, 0.25) is 0 Å². The van der Waals surface area contributed by atoms with Crippen molar-refractivity contribution in [3.8, 4) is 39.3 Å². The fourth-order valence-electron chi connectivity index (χ4n) is 12.7. The van der Waals surface area contributed by atoms with Gasteiger partial charge in [-0.2, -0.15) is 0 Å². The second kappa shape index (κ2) is 15.6. The summed E-state index contributed by atoms with van der Waals surface area (Å²) in [6.45, 7) is 16.6. The van der Waals surface area contributed by atoms with E-state index in [4.69, 9.17) is 4.42 Å². The van der Waals surface area contributed by atoms with Crippen LogP contribution in [0, 0.1) is 0 Å². The van der Waals surface area contributed by atoms with Gasteiger partial charge in [0.05, 0.1) is 5.52 Å². The van der Waals surface area contributed by atoms with E-state index in [0.29, 0.717) is 0 Å². The lowest BCUT2D eigenvalue weighted by atomic mass is 9.59. The third kappa shape index (κ3) is 6.56. The largest absolute Gasteiger partial charge is 0.455 e. The molecule has 6 heteroatoms. The standard InChI is InChI=1S/C68H54BN2OS2/c1-66(2,3)40-22-24-41(25-23-40)70-54-37-61-47(48-31-51-52(35-60(48)74-61)68(6,7)29-28-67(51,4)5)30-45(54)43-26-27-44-46-34-59-49(42-20-14-15-21-58(42)73-59)32-55(46)71-56-33-50-57(36-53(56)69-63(43)64(44)71)72-65(39-18-12-9-13-19-39)62(50)38-16-10-8-11-17-38/h8-27,30-37,70H,28-29H2,1-7H3. The molecule has 0 spiro atoms. The van der Waals surface area contributed by atoms with Gasteiger partial charge in [-0.3, -0.25) is 0 Å². The zero-order valence-corrected chi connectivity index (χ0v) is 44.5. The number of nitrogens with zero attached hydrogens (tertiary/aromatic N) is 1. The van der Waals surface area contributed by atoms with Gasteiger partial charge >= 0.3 is 0 Å². The van der Waals surface area contributed by atoms with Crippen LogP contribution in [0.2, 0.25) is 0 Å². The molecule has 1 aliphatic heterocycles. The smallest absolute Gasteiger partial charge is 0.198 e. The number of benzene rings is 9. The van der Waals surface area contributed by atoms with Crippen molar-refractivity contribution in [1.29, 1.82) is 0 Å². The van der Waals surface area contributed by atoms with E-state index in [1.165, 1.54) is 108 Å². The summed E-state index contributed by atoms with van der Waals surface area (Å²) in [5.74, 6) is 0.886. The average Bonchev–Trinajstić information content (AvgIpc) is 4.25. The molecular formula is C68H54BN2OS2. The summed E-state index contributed by atoms with van der Waals surface area (Å²) in [4.78, 5) is 0. The number of furan rings is 1. The first kappa shape index (κ1) is 44.1. The fourth-order valence-corrected chi connectivity index (χ4v) is 15.0. The summed E-state index contributed by atoms with van der Waals surface area (Å²) in [5, 5.41) is 12.9. The van der Waals surface area contributed by atoms with Gasteiger partial charge in [-0.05, 0) is 129 Å². The molecule has 0 fully saturated rings. The van der Waals surface area contributed by atoms with Crippen LogP contribution in [0.25, 0.3) is 112 Å². The summed E-state index contributed by atoms with van der Waals surface area (Å²) < 4.78 is 14.9. The van der Waals surface area contributed by atoms with Crippen molar-refractivity contribution in [3.05, 3.63) is 187 Å². The lowest BCUT2D eigenvalue weighted by Crippen LogP contribution is -2.37. The molecule has 1 N–H and O–H groups in total. The van der Waals surface area contributed by atoms with Crippen molar-refractivity contribution in [2.75, 3.05) is 5.32 Å². The van der Waals surface area contributed by atoms with E-state index in [-0.39, 0.29) is 16.2 Å². The molecule has 0 saturated heterocycles. The summed E-state index contributed by atoms with van der Waals surface area (Å²) in [5.41, 5.74) is 19.3. The third-order valence-electron chi connectivity index (χ3n) is 16.8. The van der Waals surface area contributed by atoms with Gasteiger partial charge in [0.15, 0.2) is 7.28 Å². The zero-order chi connectivity index (χ0) is 50.0. The maximum absolute atomic E-state index is 7.07. The van der Waals surface area contributed by atoms with Crippen LogP contribution in [-0.4, -0.2) is 11.8 Å². The number of fused-ring (bicyclic) bond motifs is 13. The zero-order valence-electron chi connectivity index (χ0n) is 42.8. The molecule has 3 nitrogen and oxygen atoms in total. The number of nitrogens with one attached hydrogen (secondary N) is 1. The average molecular weight is 990 g/mol. The Hall–Kier alpha value is -7.38. The van der Waals surface area contributed by atoms with Crippen LogP contribution in [0.5, 0.6) is 0 Å². The summed E-state index contributed by atoms with van der Waals surface area (Å²) in [6, 6.07) is 63.8. The quantitative estimate of drug-likeness (QED) is 0.174. The fraction of sp³-hybridized carbons (Fsp3) is 0.176. The van der Waals surface area contributed by atoms with Crippen LogP contribution < -0.4 is 16.2 Å². The molecule has 0 bridgehead atoms. The molecule has 1 aliphatic carbocycles. The first-order valence-electron chi connectivity index (χ1n) is 26.2. The Balaban J connectivity index is 1.02. The molecule has 15 rings (SSSR count). The predicted molar refractivity (Wildman–Crippen MR) is 321 cm³/mol. The molecule has 357 valence electrons. The van der Waals surface area contributed by atoms with E-state index in [1.54, 1.807) is 0 Å². The Morgan fingerprint density at radius 2 is 1.19 bits per heavy atom. The van der Waals surface area contributed by atoms with Crippen molar-refractivity contribution in [1.82, 2.24) is 4.57 Å². The van der Waals surface area contributed by atoms with Crippen molar-refractivity contribution in [2.24, 2.45) is 0 Å². The van der Waals surface area contributed by atoms with Crippen LogP contribution >= 0.6 is 22.7 Å². The van der Waals surface area contributed by atoms with Crippen LogP contribution in [0.4, 0.5) is 11.4 Å². The highest BCUT2D eigenvalue weighted by Gasteiger charge is 2.38. The van der Waals surface area contributed by atoms with Gasteiger partial charge in [-0.25, -0.2) is 0 Å². The third-order valence-corrected chi connectivity index (χ3v) is 19.1. The Kier molecular flexibility index (Phi) is 9.29. The molecular weight excluding hydrogens is 936 g/mol. The highest BCUT2D eigenvalue weighted by Crippen LogP contribution is 2.51. The van der Waals surface area contributed by atoms with Crippen molar-refractivity contribution >= 4 is 125 Å². The SMILES string of the molecule is CC(C)(C)c1ccc(Nc2cc3sc4cc5c(cc4c3cc2-c2ccc3c4cc6sc7ccccc7c6cc4n4c3c2[B]c2cc3oc(-c6ccccc6)c(-c6ccccc6)c3cc2-4)C(C)(C)CCC5(C)C)cc1. The number of anilines is 2. The minimum atomic E-state index is 0.0559. The van der Waals surface area contributed by atoms with Gasteiger partial charge in [0.1, 0.15) is 11.3 Å². The Labute approximate surface area is 440 Å². The molecule has 1 radical (unpaired) electrons. The highest BCUT2D eigenvalue weighted by molar-refractivity contribution is 7.26. The second-order valence-electron chi connectivity index (χ2n) is 23.4. The van der Waals surface area contributed by atoms with Gasteiger partial charge < -0.3 is 14.3 Å². The molecule has 74 heavy (non-hydrogen) atoms. The number of thiophene rings is 2. The number of hydrogen-bond acceptors (Lipinski definition) is 4. The maximum Gasteiger partial charge on any atom is 0.198 e. The minimum Gasteiger partial charge on any atom is -0.455 e. The minimum absolute atomic E-state index is 0.0559. The van der Waals surface area contributed by atoms with Crippen molar-refractivity contribution in [3.63, 3.8) is 0 Å². The Morgan fingerprint density at radius 1 is 0.541 bits per heavy atom. The molecule has 0 unspecified atom stereocenters. The van der Waals surface area contributed by atoms with Crippen molar-refractivity contribution < 1.29 is 4.42 Å². The molecule has 4 aromatic heterocycles. The first-order chi connectivity index (χ1) is 35.8. The van der Waals surface area contributed by atoms with Crippen molar-refractivity contribution in [2.45, 2.75) is 77.6 Å². The molecule has 0 amide bonds. The summed E-state index contributed by atoms with van der Waals surface area (Å²) in [6.07, 6.45) is 2.38. The van der Waals surface area contributed by atoms with Gasteiger partial charge in [0.25, 0.3) is 0 Å². The van der Waals surface area contributed by atoms with Crippen LogP contribution in [0.1, 0.15) is 78.0 Å². The van der Waals surface area contributed by atoms with Crippen LogP contribution in [0.3, 0.4) is 0 Å². The van der Waals surface area contributed by atoms with E-state index in [2.05, 4.69) is 235 Å². The van der Waals surface area contributed by atoms with Crippen LogP contribution in [0.15, 0.2) is 174 Å². The molecule has 9 aromatic carbocycles. The van der Waals surface area contributed by atoms with E-state index in [1.807, 2.05) is 22.7 Å². The number of rotatable bonds is 5. The molecule has 5 heterocycles. The summed E-state index contributed by atoms with van der Waals surface area (Å²) in [7, 11) is 2.45. The lowest BCUT2D eigenvalue weighted by Gasteiger charge is -2.41. The van der Waals surface area contributed by atoms with Crippen LogP contribution in [-0.2, 0) is 16.2 Å². The molecule has 0 saturated carbocycles. The van der Waals surface area contributed by atoms with Gasteiger partial charge in [0, 0.05) is 95.8 Å². The first-order valence-corrected chi connectivity index (χ1v) is 27.8. The van der Waals surface area contributed by atoms with E-state index >= 15 is 0 Å².